The van der Waals surface area contributed by atoms with E-state index < -0.39 is 5.41 Å². The van der Waals surface area contributed by atoms with E-state index in [0.29, 0.717) is 17.9 Å². The monoisotopic (exact) mass is 328 g/mol. The fraction of sp³-hybridized carbons (Fsp3) is 0.353. The van der Waals surface area contributed by atoms with Crippen LogP contribution in [0.2, 0.25) is 0 Å². The van der Waals surface area contributed by atoms with E-state index in [0.717, 1.165) is 23.5 Å². The number of rotatable bonds is 3. The summed E-state index contributed by atoms with van der Waals surface area (Å²) in [6, 6.07) is 11.5. The van der Waals surface area contributed by atoms with Crippen molar-refractivity contribution in [3.63, 3.8) is 0 Å². The van der Waals surface area contributed by atoms with Crippen molar-refractivity contribution in [1.82, 2.24) is 10.1 Å². The Hall–Kier alpha value is -2.08. The maximum Gasteiger partial charge on any atom is 0.237 e. The van der Waals surface area contributed by atoms with E-state index in [-0.39, 0.29) is 18.4 Å². The highest BCUT2D eigenvalue weighted by atomic mass is 32.2. The van der Waals surface area contributed by atoms with Crippen LogP contribution in [-0.4, -0.2) is 33.4 Å². The zero-order valence-electron chi connectivity index (χ0n) is 12.5. The van der Waals surface area contributed by atoms with Gasteiger partial charge in [0, 0.05) is 23.8 Å². The molecule has 0 bridgehead atoms. The van der Waals surface area contributed by atoms with Gasteiger partial charge >= 0.3 is 0 Å². The molecule has 2 saturated heterocycles. The molecule has 5 nitrogen and oxygen atoms in total. The van der Waals surface area contributed by atoms with Crippen molar-refractivity contribution in [1.29, 1.82) is 0 Å². The number of benzene rings is 1. The minimum Gasteiger partial charge on any atom is -0.359 e. The van der Waals surface area contributed by atoms with Crippen LogP contribution >= 0.6 is 11.8 Å². The van der Waals surface area contributed by atoms with Crippen molar-refractivity contribution in [2.45, 2.75) is 19.4 Å². The molecule has 23 heavy (non-hydrogen) atoms. The van der Waals surface area contributed by atoms with Gasteiger partial charge in [-0.25, -0.2) is 0 Å². The summed E-state index contributed by atoms with van der Waals surface area (Å²) in [7, 11) is 0. The molecule has 2 aliphatic rings. The van der Waals surface area contributed by atoms with Gasteiger partial charge in [0.05, 0.1) is 12.0 Å². The number of carbonyl (C=O) groups excluding carboxylic acids is 2. The van der Waals surface area contributed by atoms with E-state index in [2.05, 4.69) is 5.16 Å². The van der Waals surface area contributed by atoms with Crippen molar-refractivity contribution in [2.75, 3.05) is 11.5 Å². The molecule has 0 radical (unpaired) electrons. The first-order valence-corrected chi connectivity index (χ1v) is 8.77. The molecule has 1 aromatic carbocycles. The molecule has 4 rings (SSSR count). The fourth-order valence-corrected chi connectivity index (χ4v) is 4.66. The molecule has 0 N–H and O–H groups in total. The molecule has 1 atom stereocenters. The van der Waals surface area contributed by atoms with E-state index in [1.54, 1.807) is 17.8 Å². The lowest BCUT2D eigenvalue weighted by atomic mass is 9.86. The SMILES string of the molecule is O=C1C[C@]2(CCSC2)C(=O)N1Cc1cc(-c2ccccc2)no1. The lowest BCUT2D eigenvalue weighted by Crippen LogP contribution is -2.35. The maximum atomic E-state index is 12.7. The van der Waals surface area contributed by atoms with Crippen molar-refractivity contribution in [2.24, 2.45) is 5.41 Å². The van der Waals surface area contributed by atoms with Gasteiger partial charge in [0.2, 0.25) is 11.8 Å². The van der Waals surface area contributed by atoms with Crippen LogP contribution in [0.25, 0.3) is 11.3 Å². The normalized spacial score (nSPS) is 24.1. The second-order valence-electron chi connectivity index (χ2n) is 6.09. The Labute approximate surface area is 138 Å². The molecular weight excluding hydrogens is 312 g/mol. The van der Waals surface area contributed by atoms with Crippen molar-refractivity contribution < 1.29 is 14.1 Å². The first kappa shape index (κ1) is 14.5. The summed E-state index contributed by atoms with van der Waals surface area (Å²) in [6.07, 6.45) is 1.13. The Kier molecular flexibility index (Phi) is 3.49. The van der Waals surface area contributed by atoms with Crippen molar-refractivity contribution in [3.05, 3.63) is 42.2 Å². The number of carbonyl (C=O) groups is 2. The molecule has 2 amide bonds. The number of nitrogens with zero attached hydrogens (tertiary/aromatic N) is 2. The van der Waals surface area contributed by atoms with Gasteiger partial charge < -0.3 is 4.52 Å². The van der Waals surface area contributed by atoms with Crippen LogP contribution in [0, 0.1) is 5.41 Å². The van der Waals surface area contributed by atoms with Crippen LogP contribution in [0.4, 0.5) is 0 Å². The van der Waals surface area contributed by atoms with Gasteiger partial charge in [-0.1, -0.05) is 35.5 Å². The number of thioether (sulfide) groups is 1. The van der Waals surface area contributed by atoms with Gasteiger partial charge in [0.1, 0.15) is 5.69 Å². The van der Waals surface area contributed by atoms with Gasteiger partial charge in [-0.05, 0) is 12.2 Å². The standard InChI is InChI=1S/C17H16N2O3S/c20-15-9-17(6-7-23-11-17)16(21)19(15)10-13-8-14(18-22-13)12-4-2-1-3-5-12/h1-5,8H,6-7,9-11H2/t17-/m0/s1. The highest BCUT2D eigenvalue weighted by Crippen LogP contribution is 2.45. The van der Waals surface area contributed by atoms with E-state index in [1.807, 2.05) is 30.3 Å². The van der Waals surface area contributed by atoms with Gasteiger partial charge in [-0.15, -0.1) is 0 Å². The predicted molar refractivity (Wildman–Crippen MR) is 86.5 cm³/mol. The van der Waals surface area contributed by atoms with Crippen LogP contribution in [0.3, 0.4) is 0 Å². The van der Waals surface area contributed by atoms with Crippen LogP contribution in [0.5, 0.6) is 0 Å². The molecule has 0 unspecified atom stereocenters. The second-order valence-corrected chi connectivity index (χ2v) is 7.19. The third-order valence-electron chi connectivity index (χ3n) is 4.54. The topological polar surface area (TPSA) is 63.4 Å². The lowest BCUT2D eigenvalue weighted by Gasteiger charge is -2.19. The minimum absolute atomic E-state index is 0.0508. The second kappa shape index (κ2) is 5.53. The van der Waals surface area contributed by atoms with Crippen LogP contribution in [0.15, 0.2) is 40.9 Å². The Bertz CT molecular complexity index is 750. The summed E-state index contributed by atoms with van der Waals surface area (Å²) >= 11 is 1.75. The molecule has 2 aromatic rings. The fourth-order valence-electron chi connectivity index (χ4n) is 3.22. The molecule has 2 aliphatic heterocycles. The van der Waals surface area contributed by atoms with Crippen molar-refractivity contribution in [3.8, 4) is 11.3 Å². The number of aromatic nitrogens is 1. The summed E-state index contributed by atoms with van der Waals surface area (Å²) in [5.41, 5.74) is 1.19. The van der Waals surface area contributed by atoms with Crippen LogP contribution in [-0.2, 0) is 16.1 Å². The van der Waals surface area contributed by atoms with Gasteiger partial charge in [0.15, 0.2) is 5.76 Å². The average molecular weight is 328 g/mol. The van der Waals surface area contributed by atoms with E-state index >= 15 is 0 Å². The Morgan fingerprint density at radius 3 is 2.83 bits per heavy atom. The molecule has 3 heterocycles. The quantitative estimate of drug-likeness (QED) is 0.811. The van der Waals surface area contributed by atoms with Gasteiger partial charge in [0.25, 0.3) is 0 Å². The van der Waals surface area contributed by atoms with Gasteiger partial charge in [-0.3, -0.25) is 14.5 Å². The number of amides is 2. The predicted octanol–water partition coefficient (Wildman–Crippen LogP) is 2.72. The summed E-state index contributed by atoms with van der Waals surface area (Å²) < 4.78 is 5.33. The Balaban J connectivity index is 1.54. The first-order valence-electron chi connectivity index (χ1n) is 7.62. The Morgan fingerprint density at radius 1 is 1.26 bits per heavy atom. The Morgan fingerprint density at radius 2 is 2.09 bits per heavy atom. The minimum atomic E-state index is -0.468. The zero-order valence-corrected chi connectivity index (χ0v) is 13.3. The summed E-state index contributed by atoms with van der Waals surface area (Å²) in [6.45, 7) is 0.171. The van der Waals surface area contributed by atoms with Gasteiger partial charge in [-0.2, -0.15) is 11.8 Å². The molecule has 0 saturated carbocycles. The highest BCUT2D eigenvalue weighted by Gasteiger charge is 2.53. The summed E-state index contributed by atoms with van der Waals surface area (Å²) in [5.74, 6) is 2.08. The number of hydrogen-bond acceptors (Lipinski definition) is 5. The zero-order chi connectivity index (χ0) is 15.9. The molecule has 2 fully saturated rings. The molecule has 6 heteroatoms. The third kappa shape index (κ3) is 2.47. The van der Waals surface area contributed by atoms with E-state index in [1.165, 1.54) is 4.90 Å². The van der Waals surface area contributed by atoms with E-state index in [4.69, 9.17) is 4.52 Å². The third-order valence-corrected chi connectivity index (χ3v) is 5.78. The highest BCUT2D eigenvalue weighted by molar-refractivity contribution is 7.99. The smallest absolute Gasteiger partial charge is 0.237 e. The molecule has 1 aromatic heterocycles. The molecule has 118 valence electrons. The van der Waals surface area contributed by atoms with Crippen molar-refractivity contribution >= 4 is 23.6 Å². The number of imide groups is 1. The molecular formula is C17H16N2O3S. The molecule has 1 spiro atoms. The summed E-state index contributed by atoms with van der Waals surface area (Å²) in [4.78, 5) is 26.2. The molecule has 0 aliphatic carbocycles. The van der Waals surface area contributed by atoms with Crippen LogP contribution < -0.4 is 0 Å². The number of hydrogen-bond donors (Lipinski definition) is 0. The largest absolute Gasteiger partial charge is 0.359 e. The first-order chi connectivity index (χ1) is 11.2. The maximum absolute atomic E-state index is 12.7. The van der Waals surface area contributed by atoms with Crippen LogP contribution in [0.1, 0.15) is 18.6 Å². The number of likely N-dealkylation sites (tertiary alicyclic amines) is 1. The van der Waals surface area contributed by atoms with E-state index in [9.17, 15) is 9.59 Å². The lowest BCUT2D eigenvalue weighted by molar-refractivity contribution is -0.142. The summed E-state index contributed by atoms with van der Waals surface area (Å²) in [5, 5.41) is 4.04. The average Bonchev–Trinajstić information content (AvgIpc) is 3.27.